The number of hydrogen-bond donors (Lipinski definition) is 1. The molecule has 1 amide bonds. The molecule has 0 saturated carbocycles. The van der Waals surface area contributed by atoms with Crippen molar-refractivity contribution in [1.29, 1.82) is 0 Å². The molecule has 28 heavy (non-hydrogen) atoms. The second kappa shape index (κ2) is 7.84. The molecule has 0 bridgehead atoms. The summed E-state index contributed by atoms with van der Waals surface area (Å²) in [5.74, 6) is 0.292. The topological polar surface area (TPSA) is 77.0 Å². The van der Waals surface area contributed by atoms with Crippen LogP contribution in [0.25, 0.3) is 10.8 Å². The lowest BCUT2D eigenvalue weighted by Crippen LogP contribution is -2.13. The van der Waals surface area contributed by atoms with E-state index in [2.05, 4.69) is 20.3 Å². The highest BCUT2D eigenvalue weighted by Crippen LogP contribution is 2.26. The average molecular weight is 370 g/mol. The predicted molar refractivity (Wildman–Crippen MR) is 107 cm³/mol. The van der Waals surface area contributed by atoms with Gasteiger partial charge in [0.25, 0.3) is 5.91 Å². The first-order chi connectivity index (χ1) is 13.7. The number of nitrogens with zero attached hydrogens (tertiary/aromatic N) is 3. The van der Waals surface area contributed by atoms with E-state index < -0.39 is 0 Å². The summed E-state index contributed by atoms with van der Waals surface area (Å²) in [6, 6.07) is 14.9. The van der Waals surface area contributed by atoms with E-state index in [0.717, 1.165) is 21.9 Å². The van der Waals surface area contributed by atoms with Crippen LogP contribution in [0.2, 0.25) is 0 Å². The highest BCUT2D eigenvalue weighted by molar-refractivity contribution is 6.04. The minimum Gasteiger partial charge on any atom is -0.472 e. The molecule has 0 aliphatic heterocycles. The van der Waals surface area contributed by atoms with Gasteiger partial charge in [0.05, 0.1) is 0 Å². The zero-order valence-corrected chi connectivity index (χ0v) is 15.3. The second-order valence-electron chi connectivity index (χ2n) is 6.38. The Morgan fingerprint density at radius 3 is 2.75 bits per heavy atom. The van der Waals surface area contributed by atoms with Gasteiger partial charge in [-0.3, -0.25) is 14.8 Å². The van der Waals surface area contributed by atoms with Gasteiger partial charge in [-0.15, -0.1) is 0 Å². The minimum atomic E-state index is -0.249. The van der Waals surface area contributed by atoms with Crippen molar-refractivity contribution in [2.45, 2.75) is 13.5 Å². The summed E-state index contributed by atoms with van der Waals surface area (Å²) < 4.78 is 5.86. The van der Waals surface area contributed by atoms with Crippen molar-refractivity contribution >= 4 is 22.4 Å². The van der Waals surface area contributed by atoms with Crippen LogP contribution in [0.3, 0.4) is 0 Å². The van der Waals surface area contributed by atoms with Gasteiger partial charge in [-0.2, -0.15) is 0 Å². The van der Waals surface area contributed by atoms with Gasteiger partial charge in [-0.25, -0.2) is 4.98 Å². The number of aromatic nitrogens is 3. The standard InChI is InChI=1S/C22H18N4O2/c1-15-4-7-20(25-12-15)21(27)26-18-5-6-19-17(11-18)8-10-24-22(19)28-14-16-3-2-9-23-13-16/h2-13H,14H2,1H3,(H,26,27). The Labute approximate surface area is 162 Å². The Morgan fingerprint density at radius 2 is 1.96 bits per heavy atom. The molecule has 0 aliphatic carbocycles. The lowest BCUT2D eigenvalue weighted by molar-refractivity contribution is 0.102. The van der Waals surface area contributed by atoms with Gasteiger partial charge in [0.15, 0.2) is 0 Å². The van der Waals surface area contributed by atoms with Crippen molar-refractivity contribution < 1.29 is 9.53 Å². The van der Waals surface area contributed by atoms with Gasteiger partial charge >= 0.3 is 0 Å². The number of ether oxygens (including phenoxy) is 1. The maximum Gasteiger partial charge on any atom is 0.274 e. The Balaban J connectivity index is 1.53. The first-order valence-corrected chi connectivity index (χ1v) is 8.83. The van der Waals surface area contributed by atoms with Gasteiger partial charge in [0, 0.05) is 41.4 Å². The third kappa shape index (κ3) is 3.96. The van der Waals surface area contributed by atoms with Crippen LogP contribution in [0.5, 0.6) is 5.88 Å². The third-order valence-electron chi connectivity index (χ3n) is 4.23. The molecule has 1 aromatic carbocycles. The van der Waals surface area contributed by atoms with Gasteiger partial charge in [-0.05, 0) is 54.3 Å². The molecular weight excluding hydrogens is 352 g/mol. The highest BCUT2D eigenvalue weighted by atomic mass is 16.5. The van der Waals surface area contributed by atoms with E-state index in [1.54, 1.807) is 30.9 Å². The van der Waals surface area contributed by atoms with Crippen molar-refractivity contribution in [3.63, 3.8) is 0 Å². The molecule has 1 N–H and O–H groups in total. The molecule has 0 atom stereocenters. The van der Waals surface area contributed by atoms with Crippen LogP contribution in [0, 0.1) is 6.92 Å². The summed E-state index contributed by atoms with van der Waals surface area (Å²) >= 11 is 0. The molecule has 3 heterocycles. The average Bonchev–Trinajstić information content (AvgIpc) is 2.73. The van der Waals surface area contributed by atoms with E-state index in [4.69, 9.17) is 4.74 Å². The maximum atomic E-state index is 12.4. The number of hydrogen-bond acceptors (Lipinski definition) is 5. The smallest absolute Gasteiger partial charge is 0.274 e. The molecular formula is C22H18N4O2. The fourth-order valence-electron chi connectivity index (χ4n) is 2.78. The summed E-state index contributed by atoms with van der Waals surface area (Å²) in [5, 5.41) is 4.67. The van der Waals surface area contributed by atoms with Crippen LogP contribution >= 0.6 is 0 Å². The van der Waals surface area contributed by atoms with E-state index in [1.165, 1.54) is 0 Å². The van der Waals surface area contributed by atoms with Crippen molar-refractivity contribution in [2.75, 3.05) is 5.32 Å². The fourth-order valence-corrected chi connectivity index (χ4v) is 2.78. The predicted octanol–water partition coefficient (Wildman–Crippen LogP) is 4.16. The molecule has 4 rings (SSSR count). The van der Waals surface area contributed by atoms with Crippen LogP contribution in [0.4, 0.5) is 5.69 Å². The Hall–Kier alpha value is -3.80. The van der Waals surface area contributed by atoms with Crippen LogP contribution in [0.1, 0.15) is 21.6 Å². The lowest BCUT2D eigenvalue weighted by atomic mass is 10.1. The number of carbonyl (C=O) groups excluding carboxylic acids is 1. The molecule has 6 heteroatoms. The zero-order valence-electron chi connectivity index (χ0n) is 15.3. The molecule has 0 saturated heterocycles. The van der Waals surface area contributed by atoms with E-state index >= 15 is 0 Å². The van der Waals surface area contributed by atoms with Gasteiger partial charge in [0.2, 0.25) is 5.88 Å². The maximum absolute atomic E-state index is 12.4. The van der Waals surface area contributed by atoms with Crippen LogP contribution in [-0.4, -0.2) is 20.9 Å². The minimum absolute atomic E-state index is 0.249. The molecule has 3 aromatic heterocycles. The number of amides is 1. The largest absolute Gasteiger partial charge is 0.472 e. The van der Waals surface area contributed by atoms with Crippen molar-refractivity contribution in [3.05, 3.63) is 90.1 Å². The van der Waals surface area contributed by atoms with E-state index in [0.29, 0.717) is 23.9 Å². The molecule has 138 valence electrons. The molecule has 0 radical (unpaired) electrons. The number of anilines is 1. The van der Waals surface area contributed by atoms with Crippen molar-refractivity contribution in [1.82, 2.24) is 15.0 Å². The monoisotopic (exact) mass is 370 g/mol. The third-order valence-corrected chi connectivity index (χ3v) is 4.23. The number of carbonyl (C=O) groups is 1. The van der Waals surface area contributed by atoms with Crippen LogP contribution in [0.15, 0.2) is 73.3 Å². The fraction of sp³-hybridized carbons (Fsp3) is 0.0909. The summed E-state index contributed by atoms with van der Waals surface area (Å²) in [4.78, 5) is 24.9. The van der Waals surface area contributed by atoms with Crippen molar-refractivity contribution in [2.24, 2.45) is 0 Å². The number of pyridine rings is 3. The second-order valence-corrected chi connectivity index (χ2v) is 6.38. The van der Waals surface area contributed by atoms with E-state index in [-0.39, 0.29) is 5.91 Å². The summed E-state index contributed by atoms with van der Waals surface area (Å²) in [6.07, 6.45) is 6.85. The molecule has 4 aromatic rings. The Kier molecular flexibility index (Phi) is 4.93. The van der Waals surface area contributed by atoms with E-state index in [9.17, 15) is 4.79 Å². The molecule has 0 fully saturated rings. The molecule has 0 spiro atoms. The number of rotatable bonds is 5. The van der Waals surface area contributed by atoms with Crippen LogP contribution < -0.4 is 10.1 Å². The quantitative estimate of drug-likeness (QED) is 0.571. The van der Waals surface area contributed by atoms with E-state index in [1.807, 2.05) is 49.4 Å². The SMILES string of the molecule is Cc1ccc(C(=O)Nc2ccc3c(OCc4cccnc4)nccc3c2)nc1. The first-order valence-electron chi connectivity index (χ1n) is 8.83. The molecule has 0 aliphatic rings. The number of nitrogens with one attached hydrogen (secondary N) is 1. The number of fused-ring (bicyclic) bond motifs is 1. The highest BCUT2D eigenvalue weighted by Gasteiger charge is 2.09. The molecule has 6 nitrogen and oxygen atoms in total. The van der Waals surface area contributed by atoms with Gasteiger partial charge < -0.3 is 10.1 Å². The zero-order chi connectivity index (χ0) is 19.3. The number of benzene rings is 1. The van der Waals surface area contributed by atoms with Gasteiger partial charge in [0.1, 0.15) is 12.3 Å². The summed E-state index contributed by atoms with van der Waals surface area (Å²) in [5.41, 5.74) is 3.04. The van der Waals surface area contributed by atoms with Crippen molar-refractivity contribution in [3.8, 4) is 5.88 Å². The number of aryl methyl sites for hydroxylation is 1. The first kappa shape index (κ1) is 17.6. The normalized spacial score (nSPS) is 10.6. The lowest BCUT2D eigenvalue weighted by Gasteiger charge is -2.10. The van der Waals surface area contributed by atoms with Crippen LogP contribution in [-0.2, 0) is 6.61 Å². The molecule has 0 unspecified atom stereocenters. The summed E-state index contributed by atoms with van der Waals surface area (Å²) in [6.45, 7) is 2.32. The summed E-state index contributed by atoms with van der Waals surface area (Å²) in [7, 11) is 0. The van der Waals surface area contributed by atoms with Gasteiger partial charge in [-0.1, -0.05) is 12.1 Å². The Morgan fingerprint density at radius 1 is 1.04 bits per heavy atom. The Bertz CT molecular complexity index is 1110.